The van der Waals surface area contributed by atoms with E-state index < -0.39 is 12.7 Å². The number of amides is 1. The van der Waals surface area contributed by atoms with Crippen LogP contribution in [0, 0.1) is 13.8 Å². The van der Waals surface area contributed by atoms with Gasteiger partial charge in [-0.1, -0.05) is 0 Å². The highest BCUT2D eigenvalue weighted by Crippen LogP contribution is 2.27. The molecule has 0 spiro atoms. The van der Waals surface area contributed by atoms with Crippen molar-refractivity contribution in [1.29, 1.82) is 0 Å². The fourth-order valence-corrected chi connectivity index (χ4v) is 2.67. The first-order valence-corrected chi connectivity index (χ1v) is 6.92. The van der Waals surface area contributed by atoms with Crippen LogP contribution in [0.5, 0.6) is 5.75 Å². The van der Waals surface area contributed by atoms with E-state index in [2.05, 4.69) is 4.74 Å². The summed E-state index contributed by atoms with van der Waals surface area (Å²) in [5.74, 6) is -0.0798. The molecule has 0 radical (unpaired) electrons. The molecule has 1 heterocycles. The number of carbonyl (C=O) groups is 1. The highest BCUT2D eigenvalue weighted by Gasteiger charge is 2.24. The smallest absolute Gasteiger partial charge is 0.387 e. The molecule has 21 heavy (non-hydrogen) atoms. The minimum Gasteiger partial charge on any atom is -0.434 e. The number of hydrogen-bond donors (Lipinski definition) is 1. The second kappa shape index (κ2) is 6.39. The molecule has 1 unspecified atom stereocenters. The first-order chi connectivity index (χ1) is 9.88. The molecule has 1 atom stereocenters. The summed E-state index contributed by atoms with van der Waals surface area (Å²) in [6.07, 6.45) is 0.965. The number of alkyl halides is 2. The average Bonchev–Trinajstić information content (AvgIpc) is 2.41. The van der Waals surface area contributed by atoms with E-state index in [1.807, 2.05) is 0 Å². The van der Waals surface area contributed by atoms with Gasteiger partial charge in [0, 0.05) is 18.7 Å². The number of ether oxygens (including phenoxy) is 1. The minimum atomic E-state index is -2.89. The predicted octanol–water partition coefficient (Wildman–Crippen LogP) is 2.50. The van der Waals surface area contributed by atoms with E-state index >= 15 is 0 Å². The number of β-amino-alcohol motifs (C(OH)–C–C–N with tert-alkyl or cyclic N) is 1. The molecular formula is C15H19F2NO3. The maximum atomic E-state index is 12.4. The van der Waals surface area contributed by atoms with Gasteiger partial charge in [-0.3, -0.25) is 4.79 Å². The summed E-state index contributed by atoms with van der Waals surface area (Å²) in [6.45, 7) is 1.29. The third kappa shape index (κ3) is 3.69. The maximum absolute atomic E-state index is 12.4. The zero-order valence-electron chi connectivity index (χ0n) is 12.1. The molecule has 1 aliphatic heterocycles. The van der Waals surface area contributed by atoms with Crippen LogP contribution in [0.2, 0.25) is 0 Å². The number of aryl methyl sites for hydroxylation is 2. The van der Waals surface area contributed by atoms with Crippen LogP contribution < -0.4 is 4.74 Å². The number of nitrogens with zero attached hydrogens (tertiary/aromatic N) is 1. The van der Waals surface area contributed by atoms with Crippen LogP contribution in [0.25, 0.3) is 0 Å². The largest absolute Gasteiger partial charge is 0.434 e. The van der Waals surface area contributed by atoms with Crippen LogP contribution in [-0.4, -0.2) is 41.7 Å². The number of benzene rings is 1. The van der Waals surface area contributed by atoms with Crippen molar-refractivity contribution in [3.8, 4) is 5.75 Å². The zero-order chi connectivity index (χ0) is 15.6. The van der Waals surface area contributed by atoms with Crippen molar-refractivity contribution in [1.82, 2.24) is 4.90 Å². The fraction of sp³-hybridized carbons (Fsp3) is 0.533. The summed E-state index contributed by atoms with van der Waals surface area (Å²) in [7, 11) is 0. The maximum Gasteiger partial charge on any atom is 0.387 e. The number of aliphatic hydroxyl groups is 1. The lowest BCUT2D eigenvalue weighted by Crippen LogP contribution is -2.42. The normalized spacial score (nSPS) is 19.0. The standard InChI is InChI=1S/C15H19F2NO3/c1-9-6-11(7-10(2)13(9)21-15(16)17)14(20)18-5-3-4-12(19)8-18/h6-7,12,15,19H,3-5,8H2,1-2H3. The molecule has 1 aliphatic rings. The Morgan fingerprint density at radius 3 is 2.52 bits per heavy atom. The second-order valence-corrected chi connectivity index (χ2v) is 5.36. The van der Waals surface area contributed by atoms with Gasteiger partial charge in [-0.25, -0.2) is 0 Å². The molecule has 1 fully saturated rings. The molecule has 0 bridgehead atoms. The first kappa shape index (κ1) is 15.7. The topological polar surface area (TPSA) is 49.8 Å². The molecule has 6 heteroatoms. The molecule has 4 nitrogen and oxygen atoms in total. The first-order valence-electron chi connectivity index (χ1n) is 6.92. The van der Waals surface area contributed by atoms with Crippen molar-refractivity contribution in [2.24, 2.45) is 0 Å². The molecule has 1 amide bonds. The number of likely N-dealkylation sites (tertiary alicyclic amines) is 1. The van der Waals surface area contributed by atoms with Gasteiger partial charge < -0.3 is 14.7 Å². The van der Waals surface area contributed by atoms with Gasteiger partial charge in [-0.15, -0.1) is 0 Å². The SMILES string of the molecule is Cc1cc(C(=O)N2CCCC(O)C2)cc(C)c1OC(F)F. The van der Waals surface area contributed by atoms with Crippen molar-refractivity contribution in [3.63, 3.8) is 0 Å². The molecule has 0 saturated carbocycles. The van der Waals surface area contributed by atoms with Crippen LogP contribution in [0.3, 0.4) is 0 Å². The predicted molar refractivity (Wildman–Crippen MR) is 73.7 cm³/mol. The molecule has 1 N–H and O–H groups in total. The quantitative estimate of drug-likeness (QED) is 0.933. The van der Waals surface area contributed by atoms with Crippen LogP contribution in [0.1, 0.15) is 34.3 Å². The molecule has 0 aliphatic carbocycles. The molecule has 2 rings (SSSR count). The molecule has 1 aromatic carbocycles. The van der Waals surface area contributed by atoms with Crippen molar-refractivity contribution >= 4 is 5.91 Å². The van der Waals surface area contributed by atoms with E-state index in [1.54, 1.807) is 30.9 Å². The Balaban J connectivity index is 2.22. The lowest BCUT2D eigenvalue weighted by Gasteiger charge is -2.30. The van der Waals surface area contributed by atoms with Gasteiger partial charge in [0.2, 0.25) is 0 Å². The van der Waals surface area contributed by atoms with Crippen molar-refractivity contribution in [3.05, 3.63) is 28.8 Å². The Hall–Kier alpha value is -1.69. The minimum absolute atomic E-state index is 0.111. The van der Waals surface area contributed by atoms with Crippen molar-refractivity contribution in [2.45, 2.75) is 39.4 Å². The summed E-state index contributed by atoms with van der Waals surface area (Å²) in [5.41, 5.74) is 1.42. The van der Waals surface area contributed by atoms with Gasteiger partial charge in [0.15, 0.2) is 0 Å². The summed E-state index contributed by atoms with van der Waals surface area (Å²) < 4.78 is 29.2. The van der Waals surface area contributed by atoms with E-state index in [1.165, 1.54) is 0 Å². The summed E-state index contributed by atoms with van der Waals surface area (Å²) in [5, 5.41) is 9.63. The molecule has 116 valence electrons. The Labute approximate surface area is 122 Å². The van der Waals surface area contributed by atoms with Gasteiger partial charge >= 0.3 is 6.61 Å². The van der Waals surface area contributed by atoms with Gasteiger partial charge in [0.1, 0.15) is 5.75 Å². The lowest BCUT2D eigenvalue weighted by molar-refractivity contribution is -0.0507. The van der Waals surface area contributed by atoms with Gasteiger partial charge in [-0.05, 0) is 49.9 Å². The number of carbonyl (C=O) groups excluding carboxylic acids is 1. The van der Waals surface area contributed by atoms with Gasteiger partial charge in [0.25, 0.3) is 5.91 Å². The third-order valence-electron chi connectivity index (χ3n) is 3.60. The Morgan fingerprint density at radius 2 is 2.00 bits per heavy atom. The van der Waals surface area contributed by atoms with Gasteiger partial charge in [-0.2, -0.15) is 8.78 Å². The molecule has 1 saturated heterocycles. The third-order valence-corrected chi connectivity index (χ3v) is 3.60. The van der Waals surface area contributed by atoms with Crippen LogP contribution >= 0.6 is 0 Å². The number of halogens is 2. The Morgan fingerprint density at radius 1 is 1.38 bits per heavy atom. The number of rotatable bonds is 3. The van der Waals surface area contributed by atoms with E-state index in [-0.39, 0.29) is 11.7 Å². The molecule has 0 aromatic heterocycles. The van der Waals surface area contributed by atoms with E-state index in [4.69, 9.17) is 0 Å². The van der Waals surface area contributed by atoms with Crippen LogP contribution in [0.15, 0.2) is 12.1 Å². The number of piperidine rings is 1. The molecular weight excluding hydrogens is 280 g/mol. The number of aliphatic hydroxyl groups excluding tert-OH is 1. The van der Waals surface area contributed by atoms with Crippen LogP contribution in [-0.2, 0) is 0 Å². The zero-order valence-corrected chi connectivity index (χ0v) is 12.1. The monoisotopic (exact) mass is 299 g/mol. The van der Waals surface area contributed by atoms with Crippen LogP contribution in [0.4, 0.5) is 8.78 Å². The van der Waals surface area contributed by atoms with Gasteiger partial charge in [0.05, 0.1) is 6.10 Å². The highest BCUT2D eigenvalue weighted by atomic mass is 19.3. The highest BCUT2D eigenvalue weighted by molar-refractivity contribution is 5.95. The van der Waals surface area contributed by atoms with Crippen molar-refractivity contribution in [2.75, 3.05) is 13.1 Å². The lowest BCUT2D eigenvalue weighted by atomic mass is 10.0. The summed E-state index contributed by atoms with van der Waals surface area (Å²) >= 11 is 0. The molecule has 1 aromatic rings. The summed E-state index contributed by atoms with van der Waals surface area (Å²) in [4.78, 5) is 14.0. The average molecular weight is 299 g/mol. The Bertz CT molecular complexity index is 511. The van der Waals surface area contributed by atoms with E-state index in [9.17, 15) is 18.7 Å². The van der Waals surface area contributed by atoms with E-state index in [0.29, 0.717) is 36.2 Å². The number of hydrogen-bond acceptors (Lipinski definition) is 3. The van der Waals surface area contributed by atoms with Crippen molar-refractivity contribution < 1.29 is 23.4 Å². The second-order valence-electron chi connectivity index (χ2n) is 5.36. The van der Waals surface area contributed by atoms with E-state index in [0.717, 1.165) is 6.42 Å². The Kier molecular flexibility index (Phi) is 4.77. The summed E-state index contributed by atoms with van der Waals surface area (Å²) in [6, 6.07) is 3.10. The fourth-order valence-electron chi connectivity index (χ4n) is 2.67.